The van der Waals surface area contributed by atoms with Gasteiger partial charge in [-0.25, -0.2) is 4.39 Å². The Morgan fingerprint density at radius 2 is 2.24 bits per heavy atom. The van der Waals surface area contributed by atoms with E-state index in [4.69, 9.17) is 5.73 Å². The zero-order chi connectivity index (χ0) is 12.5. The van der Waals surface area contributed by atoms with Gasteiger partial charge in [0.05, 0.1) is 0 Å². The van der Waals surface area contributed by atoms with Crippen LogP contribution >= 0.6 is 0 Å². The van der Waals surface area contributed by atoms with Crippen molar-refractivity contribution >= 4 is 5.69 Å². The maximum absolute atomic E-state index is 13.3. The molecule has 2 N–H and O–H groups in total. The van der Waals surface area contributed by atoms with Crippen LogP contribution in [-0.2, 0) is 6.42 Å². The van der Waals surface area contributed by atoms with Crippen LogP contribution in [0.4, 0.5) is 10.1 Å². The smallest absolute Gasteiger partial charge is 0.125 e. The Morgan fingerprint density at radius 1 is 1.47 bits per heavy atom. The molecule has 0 saturated carbocycles. The Hall–Kier alpha value is -1.09. The van der Waals surface area contributed by atoms with Crippen LogP contribution in [0.1, 0.15) is 25.8 Å². The molecule has 1 aliphatic rings. The molecular formula is C14H21FN2. The lowest BCUT2D eigenvalue weighted by atomic mass is 9.87. The van der Waals surface area contributed by atoms with Gasteiger partial charge in [0.1, 0.15) is 5.82 Å². The van der Waals surface area contributed by atoms with Gasteiger partial charge in [0.25, 0.3) is 0 Å². The molecular weight excluding hydrogens is 215 g/mol. The average Bonchev–Trinajstić information content (AvgIpc) is 2.72. The fourth-order valence-corrected chi connectivity index (χ4v) is 2.36. The molecule has 3 heteroatoms. The molecule has 1 atom stereocenters. The second-order valence-corrected chi connectivity index (χ2v) is 5.31. The first-order valence-electron chi connectivity index (χ1n) is 6.31. The first-order chi connectivity index (χ1) is 8.08. The van der Waals surface area contributed by atoms with Gasteiger partial charge in [0.2, 0.25) is 0 Å². The summed E-state index contributed by atoms with van der Waals surface area (Å²) < 4.78 is 13.3. The Bertz CT molecular complexity index is 399. The molecule has 0 bridgehead atoms. The molecule has 0 saturated heterocycles. The summed E-state index contributed by atoms with van der Waals surface area (Å²) in [5, 5.41) is 0. The molecule has 94 valence electrons. The third kappa shape index (κ3) is 2.44. The third-order valence-electron chi connectivity index (χ3n) is 3.96. The molecule has 17 heavy (non-hydrogen) atoms. The number of rotatable bonds is 4. The van der Waals surface area contributed by atoms with Crippen LogP contribution < -0.4 is 10.6 Å². The van der Waals surface area contributed by atoms with Gasteiger partial charge in [-0.1, -0.05) is 19.9 Å². The van der Waals surface area contributed by atoms with Crippen LogP contribution in [0.25, 0.3) is 0 Å². The summed E-state index contributed by atoms with van der Waals surface area (Å²) in [4.78, 5) is 2.27. The number of benzene rings is 1. The van der Waals surface area contributed by atoms with Crippen molar-refractivity contribution in [1.29, 1.82) is 0 Å². The second-order valence-electron chi connectivity index (χ2n) is 5.31. The number of nitrogens with zero attached hydrogens (tertiary/aromatic N) is 1. The Balaban J connectivity index is 2.19. The van der Waals surface area contributed by atoms with Crippen molar-refractivity contribution in [3.8, 4) is 0 Å². The summed E-state index contributed by atoms with van der Waals surface area (Å²) in [6.45, 7) is 6.93. The van der Waals surface area contributed by atoms with Crippen molar-refractivity contribution in [3.05, 3.63) is 29.6 Å². The van der Waals surface area contributed by atoms with Crippen LogP contribution in [0, 0.1) is 11.2 Å². The molecule has 2 rings (SSSR count). The van der Waals surface area contributed by atoms with E-state index in [1.807, 2.05) is 6.07 Å². The van der Waals surface area contributed by atoms with Crippen molar-refractivity contribution in [3.63, 3.8) is 0 Å². The standard InChI is InChI=1S/C14H21FN2/c1-3-14(2,9-16)10-17-7-6-11-4-5-12(15)8-13(11)17/h4-5,8H,3,6-7,9-10,16H2,1-2H3. The van der Waals surface area contributed by atoms with E-state index in [0.29, 0.717) is 6.54 Å². The lowest BCUT2D eigenvalue weighted by Crippen LogP contribution is -2.39. The molecule has 0 aromatic heterocycles. The average molecular weight is 236 g/mol. The molecule has 0 spiro atoms. The topological polar surface area (TPSA) is 29.3 Å². The number of hydrogen-bond acceptors (Lipinski definition) is 2. The number of halogens is 1. The first-order valence-corrected chi connectivity index (χ1v) is 6.31. The minimum atomic E-state index is -0.151. The number of nitrogens with two attached hydrogens (primary N) is 1. The van der Waals surface area contributed by atoms with Gasteiger partial charge < -0.3 is 10.6 Å². The molecule has 2 nitrogen and oxygen atoms in total. The van der Waals surface area contributed by atoms with Crippen molar-refractivity contribution in [2.24, 2.45) is 11.1 Å². The SMILES string of the molecule is CCC(C)(CN)CN1CCc2ccc(F)cc21. The lowest BCUT2D eigenvalue weighted by Gasteiger charge is -2.33. The summed E-state index contributed by atoms with van der Waals surface area (Å²) in [5.74, 6) is -0.151. The summed E-state index contributed by atoms with van der Waals surface area (Å²) in [5.41, 5.74) is 8.27. The molecule has 0 aliphatic carbocycles. The summed E-state index contributed by atoms with van der Waals surface area (Å²) in [7, 11) is 0. The van der Waals surface area contributed by atoms with Crippen molar-refractivity contribution in [1.82, 2.24) is 0 Å². The third-order valence-corrected chi connectivity index (χ3v) is 3.96. The van der Waals surface area contributed by atoms with Gasteiger partial charge in [0.15, 0.2) is 0 Å². The van der Waals surface area contributed by atoms with Gasteiger partial charge in [-0.15, -0.1) is 0 Å². The van der Waals surface area contributed by atoms with E-state index in [2.05, 4.69) is 18.7 Å². The van der Waals surface area contributed by atoms with E-state index >= 15 is 0 Å². The Labute approximate surface area is 103 Å². The molecule has 0 fully saturated rings. The van der Waals surface area contributed by atoms with E-state index < -0.39 is 0 Å². The summed E-state index contributed by atoms with van der Waals surface area (Å²) in [6.07, 6.45) is 2.06. The van der Waals surface area contributed by atoms with E-state index in [1.165, 1.54) is 5.56 Å². The largest absolute Gasteiger partial charge is 0.370 e. The molecule has 1 unspecified atom stereocenters. The second kappa shape index (κ2) is 4.65. The molecule has 1 heterocycles. The predicted octanol–water partition coefficient (Wildman–Crippen LogP) is 2.56. The number of fused-ring (bicyclic) bond motifs is 1. The Morgan fingerprint density at radius 3 is 2.88 bits per heavy atom. The maximum Gasteiger partial charge on any atom is 0.125 e. The lowest BCUT2D eigenvalue weighted by molar-refractivity contribution is 0.326. The monoisotopic (exact) mass is 236 g/mol. The quantitative estimate of drug-likeness (QED) is 0.870. The van der Waals surface area contributed by atoms with E-state index in [-0.39, 0.29) is 11.2 Å². The summed E-state index contributed by atoms with van der Waals surface area (Å²) >= 11 is 0. The normalized spacial score (nSPS) is 18.0. The highest BCUT2D eigenvalue weighted by Crippen LogP contribution is 2.32. The highest BCUT2D eigenvalue weighted by Gasteiger charge is 2.27. The zero-order valence-corrected chi connectivity index (χ0v) is 10.7. The highest BCUT2D eigenvalue weighted by atomic mass is 19.1. The highest BCUT2D eigenvalue weighted by molar-refractivity contribution is 5.58. The minimum Gasteiger partial charge on any atom is -0.370 e. The van der Waals surface area contributed by atoms with Crippen LogP contribution in [0.15, 0.2) is 18.2 Å². The van der Waals surface area contributed by atoms with Crippen LogP contribution in [0.3, 0.4) is 0 Å². The van der Waals surface area contributed by atoms with Gasteiger partial charge in [-0.2, -0.15) is 0 Å². The molecule has 1 aromatic carbocycles. The van der Waals surface area contributed by atoms with Crippen molar-refractivity contribution in [2.45, 2.75) is 26.7 Å². The van der Waals surface area contributed by atoms with E-state index in [1.54, 1.807) is 12.1 Å². The number of anilines is 1. The molecule has 0 amide bonds. The fraction of sp³-hybridized carbons (Fsp3) is 0.571. The Kier molecular flexibility index (Phi) is 3.38. The van der Waals surface area contributed by atoms with Crippen molar-refractivity contribution < 1.29 is 4.39 Å². The van der Waals surface area contributed by atoms with Gasteiger partial charge in [-0.3, -0.25) is 0 Å². The zero-order valence-electron chi connectivity index (χ0n) is 10.7. The molecule has 1 aromatic rings. The van der Waals surface area contributed by atoms with Crippen LogP contribution in [0.2, 0.25) is 0 Å². The van der Waals surface area contributed by atoms with Gasteiger partial charge >= 0.3 is 0 Å². The number of hydrogen-bond donors (Lipinski definition) is 1. The minimum absolute atomic E-state index is 0.119. The van der Waals surface area contributed by atoms with Gasteiger partial charge in [-0.05, 0) is 42.5 Å². The van der Waals surface area contributed by atoms with E-state index in [9.17, 15) is 4.39 Å². The van der Waals surface area contributed by atoms with Crippen molar-refractivity contribution in [2.75, 3.05) is 24.5 Å². The molecule has 1 aliphatic heterocycles. The summed E-state index contributed by atoms with van der Waals surface area (Å²) in [6, 6.07) is 5.09. The maximum atomic E-state index is 13.3. The van der Waals surface area contributed by atoms with E-state index in [0.717, 1.165) is 31.6 Å². The molecule has 0 radical (unpaired) electrons. The first kappa shape index (κ1) is 12.4. The van der Waals surface area contributed by atoms with Crippen LogP contribution in [-0.4, -0.2) is 19.6 Å². The predicted molar refractivity (Wildman–Crippen MR) is 69.8 cm³/mol. The van der Waals surface area contributed by atoms with Crippen LogP contribution in [0.5, 0.6) is 0 Å². The fourth-order valence-electron chi connectivity index (χ4n) is 2.36. The van der Waals surface area contributed by atoms with Gasteiger partial charge in [0, 0.05) is 18.8 Å².